The van der Waals surface area contributed by atoms with Crippen molar-refractivity contribution in [2.24, 2.45) is 0 Å². The van der Waals surface area contributed by atoms with E-state index in [4.69, 9.17) is 16.9 Å². The second-order valence-electron chi connectivity index (χ2n) is 3.94. The standard InChI is InChI=1S/C13H10ClN3O2S/c14-11-3-1-10(2-4-11)8-17-20(18,19)13-6-5-12(7-15)16-9-13/h1-6,9,17H,8H2. The van der Waals surface area contributed by atoms with Gasteiger partial charge in [0.25, 0.3) is 0 Å². The molecule has 1 heterocycles. The Kier molecular flexibility index (Phi) is 4.35. The van der Waals surface area contributed by atoms with Crippen molar-refractivity contribution in [3.05, 3.63) is 58.9 Å². The van der Waals surface area contributed by atoms with Crippen molar-refractivity contribution in [2.75, 3.05) is 0 Å². The smallest absolute Gasteiger partial charge is 0.242 e. The second kappa shape index (κ2) is 6.01. The minimum Gasteiger partial charge on any atom is -0.244 e. The van der Waals surface area contributed by atoms with E-state index in [-0.39, 0.29) is 17.1 Å². The number of hydrogen-bond acceptors (Lipinski definition) is 4. The maximum Gasteiger partial charge on any atom is 0.242 e. The second-order valence-corrected chi connectivity index (χ2v) is 6.15. The lowest BCUT2D eigenvalue weighted by molar-refractivity contribution is 0.581. The van der Waals surface area contributed by atoms with Gasteiger partial charge in [0, 0.05) is 17.8 Å². The molecule has 0 atom stereocenters. The highest BCUT2D eigenvalue weighted by Gasteiger charge is 2.14. The Hall–Kier alpha value is -1.94. The molecule has 102 valence electrons. The molecule has 20 heavy (non-hydrogen) atoms. The number of hydrogen-bond donors (Lipinski definition) is 1. The van der Waals surface area contributed by atoms with Crippen LogP contribution in [0.5, 0.6) is 0 Å². The summed E-state index contributed by atoms with van der Waals surface area (Å²) in [6, 6.07) is 11.4. The Morgan fingerprint density at radius 2 is 1.90 bits per heavy atom. The number of aromatic nitrogens is 1. The van der Waals surface area contributed by atoms with Crippen molar-refractivity contribution in [1.29, 1.82) is 5.26 Å². The molecule has 0 spiro atoms. The summed E-state index contributed by atoms with van der Waals surface area (Å²) in [6.45, 7) is 0.152. The number of sulfonamides is 1. The van der Waals surface area contributed by atoms with Crippen LogP contribution in [-0.2, 0) is 16.6 Å². The third kappa shape index (κ3) is 3.54. The maximum absolute atomic E-state index is 12.0. The summed E-state index contributed by atoms with van der Waals surface area (Å²) in [5.74, 6) is 0. The Morgan fingerprint density at radius 1 is 1.20 bits per heavy atom. The van der Waals surface area contributed by atoms with Gasteiger partial charge in [-0.25, -0.2) is 18.1 Å². The molecule has 0 saturated heterocycles. The van der Waals surface area contributed by atoms with Crippen LogP contribution < -0.4 is 4.72 Å². The Balaban J connectivity index is 2.10. The molecule has 1 aromatic carbocycles. The van der Waals surface area contributed by atoms with Crippen LogP contribution in [0.1, 0.15) is 11.3 Å². The Labute approximate surface area is 121 Å². The summed E-state index contributed by atoms with van der Waals surface area (Å²) < 4.78 is 26.5. The predicted octanol–water partition coefficient (Wildman–Crippen LogP) is 2.09. The van der Waals surface area contributed by atoms with E-state index in [2.05, 4.69) is 9.71 Å². The van der Waals surface area contributed by atoms with E-state index in [0.29, 0.717) is 5.02 Å². The van der Waals surface area contributed by atoms with Gasteiger partial charge >= 0.3 is 0 Å². The van der Waals surface area contributed by atoms with Crippen LogP contribution in [-0.4, -0.2) is 13.4 Å². The van der Waals surface area contributed by atoms with Gasteiger partial charge in [-0.3, -0.25) is 0 Å². The lowest BCUT2D eigenvalue weighted by Gasteiger charge is -2.06. The van der Waals surface area contributed by atoms with E-state index in [9.17, 15) is 8.42 Å². The molecule has 5 nitrogen and oxygen atoms in total. The van der Waals surface area contributed by atoms with Crippen LogP contribution in [0.2, 0.25) is 5.02 Å². The van der Waals surface area contributed by atoms with Gasteiger partial charge in [0.2, 0.25) is 10.0 Å². The van der Waals surface area contributed by atoms with Crippen LogP contribution in [0.15, 0.2) is 47.5 Å². The van der Waals surface area contributed by atoms with Crippen molar-refractivity contribution in [1.82, 2.24) is 9.71 Å². The van der Waals surface area contributed by atoms with E-state index in [1.54, 1.807) is 24.3 Å². The average Bonchev–Trinajstić information content (AvgIpc) is 2.47. The first kappa shape index (κ1) is 14.5. The van der Waals surface area contributed by atoms with Crippen LogP contribution in [0, 0.1) is 11.3 Å². The average molecular weight is 308 g/mol. The fraction of sp³-hybridized carbons (Fsp3) is 0.0769. The number of nitrogens with one attached hydrogen (secondary N) is 1. The highest BCUT2D eigenvalue weighted by Crippen LogP contribution is 2.11. The normalized spacial score (nSPS) is 11.0. The lowest BCUT2D eigenvalue weighted by Crippen LogP contribution is -2.23. The SMILES string of the molecule is N#Cc1ccc(S(=O)(=O)NCc2ccc(Cl)cc2)cn1. The molecule has 0 unspecified atom stereocenters. The highest BCUT2D eigenvalue weighted by atomic mass is 35.5. The summed E-state index contributed by atoms with van der Waals surface area (Å²) in [4.78, 5) is 3.75. The van der Waals surface area contributed by atoms with Crippen molar-refractivity contribution < 1.29 is 8.42 Å². The van der Waals surface area contributed by atoms with Gasteiger partial charge in [-0.1, -0.05) is 23.7 Å². The molecule has 0 aliphatic rings. The number of rotatable bonds is 4. The molecule has 0 aliphatic carbocycles. The number of nitrogens with zero attached hydrogens (tertiary/aromatic N) is 2. The first-order chi connectivity index (χ1) is 9.51. The lowest BCUT2D eigenvalue weighted by atomic mass is 10.2. The largest absolute Gasteiger partial charge is 0.244 e. The summed E-state index contributed by atoms with van der Waals surface area (Å²) in [7, 11) is -3.65. The van der Waals surface area contributed by atoms with Crippen molar-refractivity contribution in [3.8, 4) is 6.07 Å². The maximum atomic E-state index is 12.0. The summed E-state index contributed by atoms with van der Waals surface area (Å²) in [5.41, 5.74) is 0.959. The topological polar surface area (TPSA) is 82.8 Å². The van der Waals surface area contributed by atoms with Gasteiger partial charge in [-0.05, 0) is 29.8 Å². The fourth-order valence-corrected chi connectivity index (χ4v) is 2.56. The van der Waals surface area contributed by atoms with E-state index in [1.807, 2.05) is 6.07 Å². The predicted molar refractivity (Wildman–Crippen MR) is 74.4 cm³/mol. The van der Waals surface area contributed by atoms with Gasteiger partial charge < -0.3 is 0 Å². The van der Waals surface area contributed by atoms with Crippen molar-refractivity contribution in [3.63, 3.8) is 0 Å². The van der Waals surface area contributed by atoms with Crippen LogP contribution in [0.25, 0.3) is 0 Å². The molecule has 0 saturated carbocycles. The van der Waals surface area contributed by atoms with Crippen molar-refractivity contribution >= 4 is 21.6 Å². The molecule has 1 N–H and O–H groups in total. The van der Waals surface area contributed by atoms with E-state index >= 15 is 0 Å². The van der Waals surface area contributed by atoms with Crippen LogP contribution in [0.4, 0.5) is 0 Å². The zero-order valence-electron chi connectivity index (χ0n) is 10.2. The molecule has 2 rings (SSSR count). The molecule has 0 fully saturated rings. The molecule has 0 amide bonds. The van der Waals surface area contributed by atoms with Crippen LogP contribution in [0.3, 0.4) is 0 Å². The third-order valence-corrected chi connectivity index (χ3v) is 4.18. The molecule has 2 aromatic rings. The van der Waals surface area contributed by atoms with Gasteiger partial charge in [0.05, 0.1) is 0 Å². The van der Waals surface area contributed by atoms with Crippen LogP contribution >= 0.6 is 11.6 Å². The first-order valence-corrected chi connectivity index (χ1v) is 7.47. The Morgan fingerprint density at radius 3 is 2.45 bits per heavy atom. The molecule has 7 heteroatoms. The number of benzene rings is 1. The third-order valence-electron chi connectivity index (χ3n) is 2.54. The number of nitriles is 1. The number of pyridine rings is 1. The minimum absolute atomic E-state index is 0.0189. The monoisotopic (exact) mass is 307 g/mol. The zero-order valence-corrected chi connectivity index (χ0v) is 11.8. The molecule has 1 aromatic heterocycles. The van der Waals surface area contributed by atoms with Gasteiger partial charge in [0.15, 0.2) is 0 Å². The summed E-state index contributed by atoms with van der Waals surface area (Å²) >= 11 is 5.75. The minimum atomic E-state index is -3.65. The fourth-order valence-electron chi connectivity index (χ4n) is 1.47. The molecule has 0 radical (unpaired) electrons. The van der Waals surface area contributed by atoms with Gasteiger partial charge in [-0.15, -0.1) is 0 Å². The highest BCUT2D eigenvalue weighted by molar-refractivity contribution is 7.89. The van der Waals surface area contributed by atoms with Crippen molar-refractivity contribution in [2.45, 2.75) is 11.4 Å². The first-order valence-electron chi connectivity index (χ1n) is 5.61. The quantitative estimate of drug-likeness (QED) is 0.937. The van der Waals surface area contributed by atoms with Gasteiger partial charge in [0.1, 0.15) is 16.7 Å². The molecule has 0 aliphatic heterocycles. The Bertz CT molecular complexity index is 735. The number of halogens is 1. The van der Waals surface area contributed by atoms with Gasteiger partial charge in [-0.2, -0.15) is 5.26 Å². The van der Waals surface area contributed by atoms with E-state index in [1.165, 1.54) is 12.1 Å². The molecular formula is C13H10ClN3O2S. The summed E-state index contributed by atoms with van der Waals surface area (Å²) in [6.07, 6.45) is 1.16. The van der Waals surface area contributed by atoms with E-state index in [0.717, 1.165) is 11.8 Å². The molecule has 0 bridgehead atoms. The summed E-state index contributed by atoms with van der Waals surface area (Å²) in [5, 5.41) is 9.21. The van der Waals surface area contributed by atoms with E-state index < -0.39 is 10.0 Å². The zero-order chi connectivity index (χ0) is 14.6. The molecular weight excluding hydrogens is 298 g/mol.